The number of likely N-dealkylation sites (N-methyl/N-ethyl adjacent to an activating group) is 1. The van der Waals surface area contributed by atoms with Gasteiger partial charge in [-0.25, -0.2) is 0 Å². The fourth-order valence-electron chi connectivity index (χ4n) is 2.94. The summed E-state index contributed by atoms with van der Waals surface area (Å²) in [6.45, 7) is 6.41. The molecule has 1 saturated carbocycles. The smallest absolute Gasteiger partial charge is 0.317 e. The maximum absolute atomic E-state index is 12.2. The summed E-state index contributed by atoms with van der Waals surface area (Å²) in [5, 5.41) is 11.9. The number of benzene rings is 1. The lowest BCUT2D eigenvalue weighted by Gasteiger charge is -2.42. The van der Waals surface area contributed by atoms with Gasteiger partial charge in [-0.1, -0.05) is 19.1 Å². The molecule has 0 aromatic heterocycles. The first-order valence-corrected chi connectivity index (χ1v) is 8.38. The van der Waals surface area contributed by atoms with Gasteiger partial charge in [0.2, 0.25) is 0 Å². The second kappa shape index (κ2) is 8.15. The Labute approximate surface area is 142 Å². The summed E-state index contributed by atoms with van der Waals surface area (Å²) in [5.74, 6) is -0.270. The number of hydrogen-bond donors (Lipinski definition) is 2. The number of rotatable bonds is 8. The molecule has 1 aromatic carbocycles. The zero-order chi connectivity index (χ0) is 17.7. The summed E-state index contributed by atoms with van der Waals surface area (Å²) in [7, 11) is 0. The lowest BCUT2D eigenvalue weighted by molar-refractivity contribution is -0.140. The highest BCUT2D eigenvalue weighted by Gasteiger charge is 2.35. The predicted octanol–water partition coefficient (Wildman–Crippen LogP) is 1.82. The van der Waals surface area contributed by atoms with Gasteiger partial charge < -0.3 is 15.2 Å². The molecule has 2 rings (SSSR count). The van der Waals surface area contributed by atoms with E-state index in [1.807, 2.05) is 43.0 Å². The molecule has 1 aliphatic rings. The number of carboxylic acid groups (broad SMARTS) is 1. The van der Waals surface area contributed by atoms with Crippen molar-refractivity contribution < 1.29 is 19.4 Å². The minimum absolute atomic E-state index is 0.0503. The van der Waals surface area contributed by atoms with Crippen LogP contribution in [0.5, 0.6) is 5.75 Å². The minimum atomic E-state index is -0.815. The lowest BCUT2D eigenvalue weighted by Crippen LogP contribution is -2.56. The van der Waals surface area contributed by atoms with E-state index in [-0.39, 0.29) is 24.5 Å². The molecule has 0 spiro atoms. The zero-order valence-corrected chi connectivity index (χ0v) is 14.5. The molecule has 24 heavy (non-hydrogen) atoms. The normalized spacial score (nSPS) is 21.0. The summed E-state index contributed by atoms with van der Waals surface area (Å²) >= 11 is 0. The quantitative estimate of drug-likeness (QED) is 0.758. The third-order valence-corrected chi connectivity index (χ3v) is 4.39. The van der Waals surface area contributed by atoms with Crippen LogP contribution in [-0.4, -0.2) is 53.2 Å². The molecule has 6 nitrogen and oxygen atoms in total. The van der Waals surface area contributed by atoms with Crippen LogP contribution in [0.2, 0.25) is 0 Å². The molecule has 132 valence electrons. The van der Waals surface area contributed by atoms with Crippen LogP contribution >= 0.6 is 0 Å². The van der Waals surface area contributed by atoms with Gasteiger partial charge >= 0.3 is 5.97 Å². The molecule has 1 atom stereocenters. The minimum Gasteiger partial charge on any atom is -0.481 e. The van der Waals surface area contributed by atoms with Crippen molar-refractivity contribution in [2.45, 2.75) is 51.8 Å². The van der Waals surface area contributed by atoms with Gasteiger partial charge in [-0.05, 0) is 50.9 Å². The number of carboxylic acids is 1. The monoisotopic (exact) mass is 334 g/mol. The number of amides is 1. The highest BCUT2D eigenvalue weighted by molar-refractivity contribution is 5.81. The van der Waals surface area contributed by atoms with Crippen LogP contribution < -0.4 is 10.1 Å². The van der Waals surface area contributed by atoms with Crippen molar-refractivity contribution in [2.24, 2.45) is 0 Å². The van der Waals surface area contributed by atoms with E-state index in [0.29, 0.717) is 12.3 Å². The van der Waals surface area contributed by atoms with E-state index in [1.165, 1.54) is 0 Å². The fourth-order valence-corrected chi connectivity index (χ4v) is 2.94. The Balaban J connectivity index is 1.76. The third kappa shape index (κ3) is 4.96. The molecule has 1 aromatic rings. The van der Waals surface area contributed by atoms with Crippen LogP contribution in [0.25, 0.3) is 0 Å². The van der Waals surface area contributed by atoms with Crippen LogP contribution in [0.1, 0.15) is 32.3 Å². The van der Waals surface area contributed by atoms with Crippen molar-refractivity contribution in [3.63, 3.8) is 0 Å². The third-order valence-electron chi connectivity index (χ3n) is 4.39. The van der Waals surface area contributed by atoms with E-state index in [0.717, 1.165) is 18.4 Å². The van der Waals surface area contributed by atoms with E-state index >= 15 is 0 Å². The topological polar surface area (TPSA) is 78.9 Å². The molecule has 2 N–H and O–H groups in total. The van der Waals surface area contributed by atoms with E-state index in [9.17, 15) is 9.59 Å². The number of hydrogen-bond acceptors (Lipinski definition) is 4. The molecule has 0 aliphatic heterocycles. The first kappa shape index (κ1) is 18.3. The Bertz CT molecular complexity index is 584. The van der Waals surface area contributed by atoms with Crippen molar-refractivity contribution in [3.05, 3.63) is 29.8 Å². The first-order chi connectivity index (χ1) is 11.4. The van der Waals surface area contributed by atoms with Crippen molar-refractivity contribution >= 4 is 11.9 Å². The molecule has 0 radical (unpaired) electrons. The maximum Gasteiger partial charge on any atom is 0.317 e. The summed E-state index contributed by atoms with van der Waals surface area (Å²) in [6.07, 6.45) is 1.00. The van der Waals surface area contributed by atoms with Crippen LogP contribution in [0.4, 0.5) is 0 Å². The van der Waals surface area contributed by atoms with Gasteiger partial charge in [0.05, 0.1) is 6.54 Å². The molecule has 0 saturated heterocycles. The summed E-state index contributed by atoms with van der Waals surface area (Å²) in [6, 6.07) is 7.92. The predicted molar refractivity (Wildman–Crippen MR) is 91.1 cm³/mol. The number of carbonyl (C=O) groups excluding carboxylic acids is 1. The average molecular weight is 334 g/mol. The molecule has 0 heterocycles. The van der Waals surface area contributed by atoms with Crippen molar-refractivity contribution in [1.82, 2.24) is 10.2 Å². The molecule has 0 bridgehead atoms. The van der Waals surface area contributed by atoms with Crippen LogP contribution in [-0.2, 0) is 9.59 Å². The highest BCUT2D eigenvalue weighted by atomic mass is 16.5. The summed E-state index contributed by atoms with van der Waals surface area (Å²) < 4.78 is 5.67. The van der Waals surface area contributed by atoms with Crippen LogP contribution in [0, 0.1) is 6.92 Å². The number of nitrogens with zero attached hydrogens (tertiary/aromatic N) is 1. The number of aryl methyl sites for hydroxylation is 1. The molecule has 1 fully saturated rings. The molecule has 1 aliphatic carbocycles. The van der Waals surface area contributed by atoms with Crippen molar-refractivity contribution in [1.29, 1.82) is 0 Å². The molecule has 6 heteroatoms. The Hall–Kier alpha value is -2.08. The van der Waals surface area contributed by atoms with Gasteiger partial charge in [0.25, 0.3) is 5.91 Å². The Kier molecular flexibility index (Phi) is 6.20. The van der Waals surface area contributed by atoms with Gasteiger partial charge in [0.15, 0.2) is 6.10 Å². The van der Waals surface area contributed by atoms with E-state index in [4.69, 9.17) is 9.84 Å². The largest absolute Gasteiger partial charge is 0.481 e. The Morgan fingerprint density at radius 1 is 1.42 bits per heavy atom. The van der Waals surface area contributed by atoms with Crippen molar-refractivity contribution in [3.8, 4) is 5.75 Å². The second-order valence-corrected chi connectivity index (χ2v) is 6.36. The Morgan fingerprint density at radius 3 is 2.71 bits per heavy atom. The van der Waals surface area contributed by atoms with Gasteiger partial charge in [-0.2, -0.15) is 0 Å². The Morgan fingerprint density at radius 2 is 2.12 bits per heavy atom. The average Bonchev–Trinajstić information content (AvgIpc) is 2.48. The number of carbonyl (C=O) groups is 2. The number of ether oxygens (including phenoxy) is 1. The standard InChI is InChI=1S/C18H26N2O4/c1-4-20(11-17(21)22)15-9-14(10-15)19-18(23)13(3)24-16-7-5-6-12(2)8-16/h5-8,13-15H,4,9-11H2,1-3H3,(H,19,23)(H,21,22). The van der Waals surface area contributed by atoms with Gasteiger partial charge in [-0.3, -0.25) is 14.5 Å². The van der Waals surface area contributed by atoms with E-state index in [2.05, 4.69) is 5.32 Å². The molecule has 1 amide bonds. The SMILES string of the molecule is CCN(CC(=O)O)C1CC(NC(=O)C(C)Oc2cccc(C)c2)C1. The van der Waals surface area contributed by atoms with E-state index in [1.54, 1.807) is 6.92 Å². The van der Waals surface area contributed by atoms with Crippen LogP contribution in [0.15, 0.2) is 24.3 Å². The number of nitrogens with one attached hydrogen (secondary N) is 1. The van der Waals surface area contributed by atoms with E-state index < -0.39 is 12.1 Å². The molecule has 1 unspecified atom stereocenters. The maximum atomic E-state index is 12.2. The number of aliphatic carboxylic acids is 1. The van der Waals surface area contributed by atoms with Gasteiger partial charge in [0, 0.05) is 12.1 Å². The summed E-state index contributed by atoms with van der Waals surface area (Å²) in [5.41, 5.74) is 1.08. The summed E-state index contributed by atoms with van der Waals surface area (Å²) in [4.78, 5) is 25.0. The molecular weight excluding hydrogens is 308 g/mol. The van der Waals surface area contributed by atoms with Gasteiger partial charge in [0.1, 0.15) is 5.75 Å². The second-order valence-electron chi connectivity index (χ2n) is 6.36. The van der Waals surface area contributed by atoms with Crippen LogP contribution in [0.3, 0.4) is 0 Å². The van der Waals surface area contributed by atoms with Crippen molar-refractivity contribution in [2.75, 3.05) is 13.1 Å². The fraction of sp³-hybridized carbons (Fsp3) is 0.556. The first-order valence-electron chi connectivity index (χ1n) is 8.38. The highest BCUT2D eigenvalue weighted by Crippen LogP contribution is 2.25. The zero-order valence-electron chi connectivity index (χ0n) is 14.5. The lowest BCUT2D eigenvalue weighted by atomic mass is 9.85. The molecular formula is C18H26N2O4. The van der Waals surface area contributed by atoms with Gasteiger partial charge in [-0.15, -0.1) is 0 Å².